The Morgan fingerprint density at radius 1 is 1.17 bits per heavy atom. The van der Waals surface area contributed by atoms with Gasteiger partial charge in [-0.15, -0.1) is 0 Å². The number of ether oxygens (including phenoxy) is 1. The van der Waals surface area contributed by atoms with Crippen molar-refractivity contribution >= 4 is 0 Å². The molecule has 0 saturated carbocycles. The smallest absolute Gasteiger partial charge is 0.138 e. The molecule has 1 aromatic heterocycles. The Kier molecular flexibility index (Phi) is 3.95. The quantitative estimate of drug-likeness (QED) is 0.897. The molecule has 3 heteroatoms. The number of aliphatic hydroxyl groups excluding tert-OH is 1. The number of pyridine rings is 1. The van der Waals surface area contributed by atoms with Crippen molar-refractivity contribution in [2.75, 3.05) is 0 Å². The van der Waals surface area contributed by atoms with E-state index in [0.717, 1.165) is 0 Å². The summed E-state index contributed by atoms with van der Waals surface area (Å²) in [5.74, 6) is 0.716. The Hall–Kier alpha value is -1.87. The van der Waals surface area contributed by atoms with Crippen LogP contribution >= 0.6 is 0 Å². The largest absolute Gasteiger partial charge is 0.487 e. The van der Waals surface area contributed by atoms with Crippen LogP contribution in [0.5, 0.6) is 5.75 Å². The summed E-state index contributed by atoms with van der Waals surface area (Å²) in [4.78, 5) is 4.07. The lowest BCUT2D eigenvalue weighted by atomic mass is 10.1. The second kappa shape index (κ2) is 5.65. The lowest BCUT2D eigenvalue weighted by Crippen LogP contribution is -1.99. The van der Waals surface area contributed by atoms with Crippen LogP contribution in [0.4, 0.5) is 0 Å². The van der Waals surface area contributed by atoms with Crippen LogP contribution in [-0.2, 0) is 13.2 Å². The van der Waals surface area contributed by atoms with Gasteiger partial charge in [0.05, 0.1) is 18.5 Å². The summed E-state index contributed by atoms with van der Waals surface area (Å²) in [7, 11) is 0. The zero-order valence-corrected chi connectivity index (χ0v) is 10.7. The van der Waals surface area contributed by atoms with Crippen molar-refractivity contribution in [2.45, 2.75) is 27.1 Å². The van der Waals surface area contributed by atoms with E-state index < -0.39 is 0 Å². The van der Waals surface area contributed by atoms with Gasteiger partial charge in [0.25, 0.3) is 0 Å². The van der Waals surface area contributed by atoms with Gasteiger partial charge in [-0.2, -0.15) is 0 Å². The fourth-order valence-electron chi connectivity index (χ4n) is 1.71. The molecular weight excluding hydrogens is 226 g/mol. The molecule has 94 valence electrons. The fraction of sp³-hybridized carbons (Fsp3) is 0.267. The van der Waals surface area contributed by atoms with Crippen molar-refractivity contribution in [3.63, 3.8) is 0 Å². The highest BCUT2D eigenvalue weighted by Crippen LogP contribution is 2.15. The highest BCUT2D eigenvalue weighted by molar-refractivity contribution is 5.30. The van der Waals surface area contributed by atoms with Gasteiger partial charge in [-0.3, -0.25) is 4.98 Å². The third kappa shape index (κ3) is 3.08. The first kappa shape index (κ1) is 12.6. The third-order valence-corrected chi connectivity index (χ3v) is 2.86. The van der Waals surface area contributed by atoms with Crippen LogP contribution in [0.3, 0.4) is 0 Å². The van der Waals surface area contributed by atoms with Gasteiger partial charge in [-0.1, -0.05) is 23.8 Å². The van der Waals surface area contributed by atoms with Gasteiger partial charge >= 0.3 is 0 Å². The van der Waals surface area contributed by atoms with Crippen molar-refractivity contribution in [3.05, 3.63) is 58.9 Å². The van der Waals surface area contributed by atoms with Crippen LogP contribution in [0.1, 0.15) is 22.4 Å². The summed E-state index contributed by atoms with van der Waals surface area (Å²) in [6, 6.07) is 9.91. The summed E-state index contributed by atoms with van der Waals surface area (Å²) in [6.45, 7) is 4.64. The van der Waals surface area contributed by atoms with E-state index in [4.69, 9.17) is 9.84 Å². The molecule has 0 radical (unpaired) electrons. The van der Waals surface area contributed by atoms with E-state index in [-0.39, 0.29) is 6.61 Å². The lowest BCUT2D eigenvalue weighted by Gasteiger charge is -2.09. The molecule has 18 heavy (non-hydrogen) atoms. The highest BCUT2D eigenvalue weighted by atomic mass is 16.5. The zero-order chi connectivity index (χ0) is 13.0. The molecule has 0 atom stereocenters. The van der Waals surface area contributed by atoms with Crippen LogP contribution < -0.4 is 4.74 Å². The van der Waals surface area contributed by atoms with Gasteiger partial charge in [0.15, 0.2) is 0 Å². The van der Waals surface area contributed by atoms with Crippen molar-refractivity contribution in [1.82, 2.24) is 4.98 Å². The molecule has 0 aliphatic rings. The molecule has 0 fully saturated rings. The maximum atomic E-state index is 8.90. The van der Waals surface area contributed by atoms with Gasteiger partial charge < -0.3 is 9.84 Å². The first-order chi connectivity index (χ1) is 8.69. The van der Waals surface area contributed by atoms with Gasteiger partial charge in [-0.05, 0) is 37.1 Å². The van der Waals surface area contributed by atoms with E-state index in [1.54, 1.807) is 12.3 Å². The first-order valence-electron chi connectivity index (χ1n) is 5.94. The molecule has 0 aliphatic heterocycles. The summed E-state index contributed by atoms with van der Waals surface area (Å²) in [5.41, 5.74) is 4.28. The van der Waals surface area contributed by atoms with Gasteiger partial charge in [0.2, 0.25) is 0 Å². The molecule has 0 bridgehead atoms. The monoisotopic (exact) mass is 243 g/mol. The minimum absolute atomic E-state index is 0.0444. The van der Waals surface area contributed by atoms with Gasteiger partial charge in [-0.25, -0.2) is 0 Å². The molecule has 0 saturated heterocycles. The number of aromatic nitrogens is 1. The predicted molar refractivity (Wildman–Crippen MR) is 70.4 cm³/mol. The van der Waals surface area contributed by atoms with Crippen LogP contribution in [0, 0.1) is 13.8 Å². The van der Waals surface area contributed by atoms with Crippen LogP contribution in [0.2, 0.25) is 0 Å². The van der Waals surface area contributed by atoms with Crippen LogP contribution in [-0.4, -0.2) is 10.1 Å². The molecule has 0 spiro atoms. The fourth-order valence-corrected chi connectivity index (χ4v) is 1.71. The summed E-state index contributed by atoms with van der Waals surface area (Å²) >= 11 is 0. The van der Waals surface area contributed by atoms with E-state index in [1.165, 1.54) is 16.7 Å². The average molecular weight is 243 g/mol. The predicted octanol–water partition coefficient (Wildman–Crippen LogP) is 2.77. The number of rotatable bonds is 4. The van der Waals surface area contributed by atoms with E-state index in [2.05, 4.69) is 37.0 Å². The van der Waals surface area contributed by atoms with E-state index >= 15 is 0 Å². The number of aliphatic hydroxyl groups is 1. The second-order valence-electron chi connectivity index (χ2n) is 4.36. The van der Waals surface area contributed by atoms with E-state index in [0.29, 0.717) is 18.1 Å². The van der Waals surface area contributed by atoms with Crippen LogP contribution in [0.15, 0.2) is 36.5 Å². The molecule has 3 nitrogen and oxygen atoms in total. The topological polar surface area (TPSA) is 42.4 Å². The highest BCUT2D eigenvalue weighted by Gasteiger charge is 2.01. The molecule has 0 unspecified atom stereocenters. The molecule has 2 aromatic rings. The second-order valence-corrected chi connectivity index (χ2v) is 4.36. The number of hydrogen-bond donors (Lipinski definition) is 1. The standard InChI is InChI=1S/C15H17NO2/c1-11-3-4-12(2)13(7-11)10-18-15-6-5-14(9-17)16-8-15/h3-8,17H,9-10H2,1-2H3. The number of benzene rings is 1. The third-order valence-electron chi connectivity index (χ3n) is 2.86. The summed E-state index contributed by atoms with van der Waals surface area (Å²) in [6.07, 6.45) is 1.64. The van der Waals surface area contributed by atoms with E-state index in [9.17, 15) is 0 Å². The Morgan fingerprint density at radius 2 is 2.00 bits per heavy atom. The van der Waals surface area contributed by atoms with Crippen molar-refractivity contribution in [2.24, 2.45) is 0 Å². The zero-order valence-electron chi connectivity index (χ0n) is 10.7. The Bertz CT molecular complexity index is 521. The van der Waals surface area contributed by atoms with Gasteiger partial charge in [0, 0.05) is 0 Å². The van der Waals surface area contributed by atoms with Crippen LogP contribution in [0.25, 0.3) is 0 Å². The number of hydrogen-bond acceptors (Lipinski definition) is 3. The normalized spacial score (nSPS) is 10.4. The van der Waals surface area contributed by atoms with Gasteiger partial charge in [0.1, 0.15) is 12.4 Å². The van der Waals surface area contributed by atoms with Crippen molar-refractivity contribution in [3.8, 4) is 5.75 Å². The molecule has 1 aromatic carbocycles. The lowest BCUT2D eigenvalue weighted by molar-refractivity contribution is 0.275. The Labute approximate surface area is 107 Å². The molecular formula is C15H17NO2. The number of nitrogens with zero attached hydrogens (tertiary/aromatic N) is 1. The molecule has 0 amide bonds. The molecule has 0 aliphatic carbocycles. The summed E-state index contributed by atoms with van der Waals surface area (Å²) in [5, 5.41) is 8.90. The van der Waals surface area contributed by atoms with Crippen molar-refractivity contribution < 1.29 is 9.84 Å². The maximum Gasteiger partial charge on any atom is 0.138 e. The Morgan fingerprint density at radius 3 is 2.67 bits per heavy atom. The molecule has 1 N–H and O–H groups in total. The molecule has 1 heterocycles. The Balaban J connectivity index is 2.04. The maximum absolute atomic E-state index is 8.90. The SMILES string of the molecule is Cc1ccc(C)c(COc2ccc(CO)nc2)c1. The summed E-state index contributed by atoms with van der Waals surface area (Å²) < 4.78 is 5.68. The minimum Gasteiger partial charge on any atom is -0.487 e. The molecule has 2 rings (SSSR count). The average Bonchev–Trinajstić information content (AvgIpc) is 2.40. The number of aryl methyl sites for hydroxylation is 2. The van der Waals surface area contributed by atoms with E-state index in [1.807, 2.05) is 6.07 Å². The minimum atomic E-state index is -0.0444. The van der Waals surface area contributed by atoms with Crippen molar-refractivity contribution in [1.29, 1.82) is 0 Å². The first-order valence-corrected chi connectivity index (χ1v) is 5.94.